The van der Waals surface area contributed by atoms with E-state index in [0.717, 1.165) is 43.9 Å². The lowest BCUT2D eigenvalue weighted by atomic mass is 9.85. The maximum atomic E-state index is 12.4. The van der Waals surface area contributed by atoms with Gasteiger partial charge in [0.25, 0.3) is 0 Å². The van der Waals surface area contributed by atoms with Gasteiger partial charge in [-0.2, -0.15) is 0 Å². The molecule has 2 atom stereocenters. The number of amides is 1. The molecule has 0 aliphatic heterocycles. The van der Waals surface area contributed by atoms with E-state index in [1.807, 2.05) is 20.8 Å². The standard InChI is InChI=1S/C21H37N5O2.HI/c1-7-22-20(24-13-18-23-12-17(28-18)21(4,5)6)26-16-10-8-9-15(11-16)19(27)25-14(2)3;/h12,14-16H,7-11,13H2,1-6H3,(H,25,27)(H2,22,24,26);1H. The molecule has 2 rings (SSSR count). The van der Waals surface area contributed by atoms with E-state index < -0.39 is 0 Å². The van der Waals surface area contributed by atoms with Gasteiger partial charge < -0.3 is 20.4 Å². The van der Waals surface area contributed by atoms with Crippen molar-refractivity contribution in [3.63, 3.8) is 0 Å². The number of nitrogens with zero attached hydrogens (tertiary/aromatic N) is 2. The molecule has 1 fully saturated rings. The van der Waals surface area contributed by atoms with Crippen molar-refractivity contribution in [2.75, 3.05) is 6.54 Å². The lowest BCUT2D eigenvalue weighted by molar-refractivity contribution is -0.126. The van der Waals surface area contributed by atoms with Crippen molar-refractivity contribution in [1.82, 2.24) is 20.9 Å². The number of nitrogens with one attached hydrogen (secondary N) is 3. The first-order chi connectivity index (χ1) is 13.2. The van der Waals surface area contributed by atoms with E-state index in [-0.39, 0.29) is 53.3 Å². The zero-order chi connectivity index (χ0) is 20.7. The average Bonchev–Trinajstić information content (AvgIpc) is 3.09. The van der Waals surface area contributed by atoms with Gasteiger partial charge in [-0.15, -0.1) is 24.0 Å². The Balaban J connectivity index is 0.00000420. The third-order valence-corrected chi connectivity index (χ3v) is 4.83. The molecule has 29 heavy (non-hydrogen) atoms. The number of hydrogen-bond acceptors (Lipinski definition) is 4. The van der Waals surface area contributed by atoms with Crippen LogP contribution in [0, 0.1) is 5.92 Å². The van der Waals surface area contributed by atoms with Crippen LogP contribution in [0.15, 0.2) is 15.6 Å². The first-order valence-corrected chi connectivity index (χ1v) is 10.5. The summed E-state index contributed by atoms with van der Waals surface area (Å²) in [4.78, 5) is 21.3. The van der Waals surface area contributed by atoms with Gasteiger partial charge in [0.2, 0.25) is 11.8 Å². The summed E-state index contributed by atoms with van der Waals surface area (Å²) in [5, 5.41) is 9.81. The molecule has 1 aliphatic rings. The number of carbonyl (C=O) groups is 1. The molecule has 0 spiro atoms. The molecule has 0 bridgehead atoms. The maximum absolute atomic E-state index is 12.4. The molecular weight excluding hydrogens is 481 g/mol. The normalized spacial score (nSPS) is 20.2. The molecule has 0 saturated heterocycles. The van der Waals surface area contributed by atoms with Crippen molar-refractivity contribution < 1.29 is 9.21 Å². The molecule has 1 aliphatic carbocycles. The van der Waals surface area contributed by atoms with Gasteiger partial charge in [0.15, 0.2) is 5.96 Å². The number of aliphatic imine (C=N–C) groups is 1. The third kappa shape index (κ3) is 8.52. The van der Waals surface area contributed by atoms with E-state index in [0.29, 0.717) is 12.4 Å². The Morgan fingerprint density at radius 1 is 1.34 bits per heavy atom. The summed E-state index contributed by atoms with van der Waals surface area (Å²) in [6, 6.07) is 0.419. The summed E-state index contributed by atoms with van der Waals surface area (Å²) in [5.74, 6) is 2.45. The van der Waals surface area contributed by atoms with Crippen LogP contribution in [-0.4, -0.2) is 35.5 Å². The molecule has 1 aromatic heterocycles. The Bertz CT molecular complexity index is 666. The zero-order valence-electron chi connectivity index (χ0n) is 18.7. The lowest BCUT2D eigenvalue weighted by Gasteiger charge is -2.30. The lowest BCUT2D eigenvalue weighted by Crippen LogP contribution is -2.47. The van der Waals surface area contributed by atoms with E-state index >= 15 is 0 Å². The van der Waals surface area contributed by atoms with Crippen molar-refractivity contribution in [2.45, 2.75) is 91.3 Å². The molecular formula is C21H38IN5O2. The number of halogens is 1. The van der Waals surface area contributed by atoms with Gasteiger partial charge in [-0.1, -0.05) is 27.2 Å². The Morgan fingerprint density at radius 3 is 2.66 bits per heavy atom. The minimum absolute atomic E-state index is 0. The van der Waals surface area contributed by atoms with Crippen LogP contribution in [-0.2, 0) is 16.8 Å². The predicted molar refractivity (Wildman–Crippen MR) is 128 cm³/mol. The molecule has 1 amide bonds. The van der Waals surface area contributed by atoms with Crippen molar-refractivity contribution >= 4 is 35.8 Å². The molecule has 1 saturated carbocycles. The molecule has 7 nitrogen and oxygen atoms in total. The zero-order valence-corrected chi connectivity index (χ0v) is 21.0. The Morgan fingerprint density at radius 2 is 2.07 bits per heavy atom. The van der Waals surface area contributed by atoms with E-state index in [2.05, 4.69) is 46.7 Å². The number of rotatable bonds is 6. The fourth-order valence-corrected chi connectivity index (χ4v) is 3.35. The van der Waals surface area contributed by atoms with Gasteiger partial charge in [0.05, 0.1) is 6.20 Å². The topological polar surface area (TPSA) is 91.6 Å². The average molecular weight is 519 g/mol. The predicted octanol–water partition coefficient (Wildman–Crippen LogP) is 3.73. The van der Waals surface area contributed by atoms with Crippen LogP contribution in [0.25, 0.3) is 0 Å². The Labute approximate surface area is 192 Å². The molecule has 166 valence electrons. The number of carbonyl (C=O) groups excluding carboxylic acids is 1. The van der Waals surface area contributed by atoms with E-state index in [9.17, 15) is 4.79 Å². The maximum Gasteiger partial charge on any atom is 0.223 e. The van der Waals surface area contributed by atoms with Crippen LogP contribution in [0.1, 0.15) is 78.9 Å². The van der Waals surface area contributed by atoms with Crippen molar-refractivity contribution in [2.24, 2.45) is 10.9 Å². The SMILES string of the molecule is CCNC(=NCc1ncc(C(C)(C)C)o1)NC1CCCC(C(=O)NC(C)C)C1.I. The van der Waals surface area contributed by atoms with E-state index in [4.69, 9.17) is 4.42 Å². The molecule has 3 N–H and O–H groups in total. The first-order valence-electron chi connectivity index (χ1n) is 10.5. The molecule has 2 unspecified atom stereocenters. The second kappa shape index (κ2) is 11.8. The quantitative estimate of drug-likeness (QED) is 0.303. The highest BCUT2D eigenvalue weighted by molar-refractivity contribution is 14.0. The minimum Gasteiger partial charge on any atom is -0.443 e. The summed E-state index contributed by atoms with van der Waals surface area (Å²) in [5.41, 5.74) is -0.0641. The van der Waals surface area contributed by atoms with Gasteiger partial charge in [-0.3, -0.25) is 4.79 Å². The number of hydrogen-bond donors (Lipinski definition) is 3. The number of oxazole rings is 1. The molecule has 0 radical (unpaired) electrons. The largest absolute Gasteiger partial charge is 0.443 e. The van der Waals surface area contributed by atoms with E-state index in [1.165, 1.54) is 0 Å². The molecule has 0 aromatic carbocycles. The molecule has 8 heteroatoms. The van der Waals surface area contributed by atoms with Gasteiger partial charge in [-0.05, 0) is 40.0 Å². The second-order valence-electron chi connectivity index (χ2n) is 8.93. The minimum atomic E-state index is -0.0641. The first kappa shape index (κ1) is 25.7. The van der Waals surface area contributed by atoms with E-state index in [1.54, 1.807) is 6.20 Å². The van der Waals surface area contributed by atoms with Crippen molar-refractivity contribution in [3.8, 4) is 0 Å². The fraction of sp³-hybridized carbons (Fsp3) is 0.762. The van der Waals surface area contributed by atoms with Crippen LogP contribution < -0.4 is 16.0 Å². The number of aromatic nitrogens is 1. The monoisotopic (exact) mass is 519 g/mol. The summed E-state index contributed by atoms with van der Waals surface area (Å²) in [6.07, 6.45) is 5.65. The van der Waals surface area contributed by atoms with Crippen molar-refractivity contribution in [3.05, 3.63) is 17.8 Å². The summed E-state index contributed by atoms with van der Waals surface area (Å²) in [7, 11) is 0. The highest BCUT2D eigenvalue weighted by atomic mass is 127. The highest BCUT2D eigenvalue weighted by Crippen LogP contribution is 2.25. The van der Waals surface area contributed by atoms with Crippen molar-refractivity contribution in [1.29, 1.82) is 0 Å². The summed E-state index contributed by atoms with van der Waals surface area (Å²) < 4.78 is 5.83. The van der Waals surface area contributed by atoms with Gasteiger partial charge in [-0.25, -0.2) is 9.98 Å². The van der Waals surface area contributed by atoms with Crippen LogP contribution in [0.3, 0.4) is 0 Å². The summed E-state index contributed by atoms with van der Waals surface area (Å²) in [6.45, 7) is 13.5. The van der Waals surface area contributed by atoms with Crippen LogP contribution in [0.2, 0.25) is 0 Å². The van der Waals surface area contributed by atoms with Gasteiger partial charge in [0.1, 0.15) is 12.3 Å². The number of guanidine groups is 1. The smallest absolute Gasteiger partial charge is 0.223 e. The fourth-order valence-electron chi connectivity index (χ4n) is 3.35. The van der Waals surface area contributed by atoms with Gasteiger partial charge in [0, 0.05) is 30.0 Å². The van der Waals surface area contributed by atoms with Crippen LogP contribution in [0.5, 0.6) is 0 Å². The van der Waals surface area contributed by atoms with Crippen LogP contribution >= 0.6 is 24.0 Å². The Hall–Kier alpha value is -1.32. The molecule has 1 aromatic rings. The summed E-state index contributed by atoms with van der Waals surface area (Å²) >= 11 is 0. The Kier molecular flexibility index (Phi) is 10.4. The van der Waals surface area contributed by atoms with Crippen LogP contribution in [0.4, 0.5) is 0 Å². The third-order valence-electron chi connectivity index (χ3n) is 4.83. The second-order valence-corrected chi connectivity index (χ2v) is 8.93. The highest BCUT2D eigenvalue weighted by Gasteiger charge is 2.28. The molecule has 1 heterocycles. The van der Waals surface area contributed by atoms with Gasteiger partial charge >= 0.3 is 0 Å².